The highest BCUT2D eigenvalue weighted by atomic mass is 19.4. The number of nitrogens with one attached hydrogen (secondary N) is 3. The average Bonchev–Trinajstić information content (AvgIpc) is 3.30. The van der Waals surface area contributed by atoms with Crippen molar-refractivity contribution in [1.82, 2.24) is 30.9 Å². The largest absolute Gasteiger partial charge is 0.389 e. The lowest BCUT2D eigenvalue weighted by molar-refractivity contribution is -0.144. The summed E-state index contributed by atoms with van der Waals surface area (Å²) in [6.45, 7) is 0.231. The molecule has 9 nitrogen and oxygen atoms in total. The Bertz CT molecular complexity index is 1100. The topological polar surface area (TPSA) is 126 Å². The summed E-state index contributed by atoms with van der Waals surface area (Å²) in [7, 11) is 0. The minimum absolute atomic E-state index is 0.0980. The maximum atomic E-state index is 12.3. The number of aromatic amines is 1. The Kier molecular flexibility index (Phi) is 5.61. The smallest absolute Gasteiger partial charge is 0.352 e. The number of rotatable bonds is 8. The highest BCUT2D eigenvalue weighted by molar-refractivity contribution is 5.93. The molecule has 0 saturated heterocycles. The van der Waals surface area contributed by atoms with E-state index in [1.165, 1.54) is 0 Å². The van der Waals surface area contributed by atoms with Crippen LogP contribution >= 0.6 is 0 Å². The lowest BCUT2D eigenvalue weighted by Crippen LogP contribution is -2.24. The zero-order chi connectivity index (χ0) is 22.0. The number of imidazole rings is 1. The van der Waals surface area contributed by atoms with E-state index in [0.29, 0.717) is 28.1 Å². The van der Waals surface area contributed by atoms with Crippen LogP contribution in [0.5, 0.6) is 0 Å². The average molecular weight is 436 g/mol. The summed E-state index contributed by atoms with van der Waals surface area (Å²) >= 11 is 0. The van der Waals surface area contributed by atoms with Crippen molar-refractivity contribution in [2.24, 2.45) is 0 Å². The van der Waals surface area contributed by atoms with Crippen molar-refractivity contribution in [2.45, 2.75) is 50.9 Å². The van der Waals surface area contributed by atoms with E-state index in [-0.39, 0.29) is 24.7 Å². The summed E-state index contributed by atoms with van der Waals surface area (Å²) in [4.78, 5) is 31.4. The quantitative estimate of drug-likeness (QED) is 0.499. The Hall–Kier alpha value is -3.44. The molecular weight excluding hydrogens is 417 g/mol. The van der Waals surface area contributed by atoms with E-state index >= 15 is 0 Å². The monoisotopic (exact) mass is 436 g/mol. The molecule has 4 rings (SSSR count). The number of benzene rings is 1. The van der Waals surface area contributed by atoms with Crippen LogP contribution in [0.3, 0.4) is 0 Å². The van der Waals surface area contributed by atoms with Crippen LogP contribution in [0.15, 0.2) is 22.8 Å². The first-order chi connectivity index (χ1) is 14.8. The number of carbonyl (C=O) groups is 2. The molecule has 3 N–H and O–H groups in total. The molecule has 164 valence electrons. The van der Waals surface area contributed by atoms with Gasteiger partial charge in [0, 0.05) is 18.9 Å². The molecule has 1 aliphatic carbocycles. The Balaban J connectivity index is 1.32. The fourth-order valence-corrected chi connectivity index (χ4v) is 3.07. The van der Waals surface area contributed by atoms with Gasteiger partial charge in [-0.2, -0.15) is 13.2 Å². The second-order valence-electron chi connectivity index (χ2n) is 7.38. The Labute approximate surface area is 173 Å². The summed E-state index contributed by atoms with van der Waals surface area (Å²) < 4.78 is 41.2. The highest BCUT2D eigenvalue weighted by Crippen LogP contribution is 2.40. The van der Waals surface area contributed by atoms with Crippen LogP contribution in [0.25, 0.3) is 11.0 Å². The number of hydrogen-bond donors (Lipinski definition) is 3. The van der Waals surface area contributed by atoms with Crippen molar-refractivity contribution >= 4 is 22.8 Å². The normalized spacial score (nSPS) is 14.0. The van der Waals surface area contributed by atoms with Gasteiger partial charge in [-0.3, -0.25) is 9.59 Å². The zero-order valence-electron chi connectivity index (χ0n) is 16.3. The van der Waals surface area contributed by atoms with Gasteiger partial charge in [-0.05, 0) is 35.7 Å². The van der Waals surface area contributed by atoms with E-state index in [1.807, 2.05) is 0 Å². The molecule has 0 spiro atoms. The molecule has 3 aromatic rings. The lowest BCUT2D eigenvalue weighted by Gasteiger charge is -2.07. The van der Waals surface area contributed by atoms with Crippen LogP contribution < -0.4 is 10.6 Å². The summed E-state index contributed by atoms with van der Waals surface area (Å²) in [5.41, 5.74) is 2.78. The molecular formula is C19H19F3N6O3. The molecule has 0 bridgehead atoms. The van der Waals surface area contributed by atoms with Gasteiger partial charge < -0.3 is 15.6 Å². The summed E-state index contributed by atoms with van der Waals surface area (Å²) in [6.07, 6.45) is -4.20. The van der Waals surface area contributed by atoms with Gasteiger partial charge in [-0.25, -0.2) is 9.61 Å². The molecule has 31 heavy (non-hydrogen) atoms. The molecule has 0 radical (unpaired) electrons. The number of carbonyl (C=O) groups excluding carboxylic acids is 2. The van der Waals surface area contributed by atoms with Gasteiger partial charge in [0.1, 0.15) is 11.5 Å². The SMILES string of the molecule is O=C(CCC(F)(F)F)NCc1ccc2nc(CNC(=O)c3nonc3C3CC3)[nH]c2c1. The standard InChI is InChI=1S/C19H19F3N6O3/c20-19(21,22)6-5-15(29)23-8-10-1-4-12-13(7-10)26-14(25-12)9-24-18(30)17-16(11-2-3-11)27-31-28-17/h1,4,7,11H,2-3,5-6,8-9H2,(H,23,29)(H,24,30)(H,25,26). The van der Waals surface area contributed by atoms with Gasteiger partial charge >= 0.3 is 6.18 Å². The molecule has 2 amide bonds. The molecule has 0 atom stereocenters. The van der Waals surface area contributed by atoms with Gasteiger partial charge in [0.2, 0.25) is 5.91 Å². The van der Waals surface area contributed by atoms with Crippen molar-refractivity contribution < 1.29 is 27.4 Å². The van der Waals surface area contributed by atoms with Crippen LogP contribution in [-0.2, 0) is 17.9 Å². The van der Waals surface area contributed by atoms with E-state index in [2.05, 4.69) is 35.5 Å². The number of H-pyrrole nitrogens is 1. The first-order valence-corrected chi connectivity index (χ1v) is 9.70. The zero-order valence-corrected chi connectivity index (χ0v) is 16.3. The molecule has 12 heteroatoms. The number of alkyl halides is 3. The molecule has 2 aromatic heterocycles. The van der Waals surface area contributed by atoms with Crippen LogP contribution in [0, 0.1) is 0 Å². The highest BCUT2D eigenvalue weighted by Gasteiger charge is 2.33. The van der Waals surface area contributed by atoms with Crippen molar-refractivity contribution in [3.63, 3.8) is 0 Å². The Morgan fingerprint density at radius 3 is 2.71 bits per heavy atom. The van der Waals surface area contributed by atoms with Crippen molar-refractivity contribution in [2.75, 3.05) is 0 Å². The minimum atomic E-state index is -4.36. The van der Waals surface area contributed by atoms with Gasteiger partial charge in [-0.15, -0.1) is 0 Å². The molecule has 1 saturated carbocycles. The van der Waals surface area contributed by atoms with E-state index in [9.17, 15) is 22.8 Å². The van der Waals surface area contributed by atoms with E-state index in [4.69, 9.17) is 0 Å². The second kappa shape index (κ2) is 8.36. The lowest BCUT2D eigenvalue weighted by atomic mass is 10.2. The second-order valence-corrected chi connectivity index (χ2v) is 7.38. The maximum Gasteiger partial charge on any atom is 0.389 e. The van der Waals surface area contributed by atoms with E-state index < -0.39 is 30.8 Å². The van der Waals surface area contributed by atoms with Gasteiger partial charge in [0.15, 0.2) is 5.69 Å². The number of aromatic nitrogens is 4. The van der Waals surface area contributed by atoms with Gasteiger partial charge in [0.05, 0.1) is 24.0 Å². The first-order valence-electron chi connectivity index (χ1n) is 9.70. The third-order valence-corrected chi connectivity index (χ3v) is 4.83. The van der Waals surface area contributed by atoms with Crippen molar-refractivity contribution in [3.05, 3.63) is 41.0 Å². The number of halogens is 3. The van der Waals surface area contributed by atoms with Crippen LogP contribution in [-0.4, -0.2) is 38.3 Å². The molecule has 0 aliphatic heterocycles. The summed E-state index contributed by atoms with van der Waals surface area (Å²) in [6, 6.07) is 5.18. The van der Waals surface area contributed by atoms with Crippen molar-refractivity contribution in [1.29, 1.82) is 0 Å². The van der Waals surface area contributed by atoms with E-state index in [0.717, 1.165) is 12.8 Å². The minimum Gasteiger partial charge on any atom is -0.352 e. The van der Waals surface area contributed by atoms with Gasteiger partial charge in [-0.1, -0.05) is 11.2 Å². The fraction of sp³-hybridized carbons (Fsp3) is 0.421. The fourth-order valence-electron chi connectivity index (χ4n) is 3.07. The number of nitrogens with zero attached hydrogens (tertiary/aromatic N) is 3. The molecule has 1 aromatic carbocycles. The summed E-state index contributed by atoms with van der Waals surface area (Å²) in [5.74, 6) is -0.325. The third kappa shape index (κ3) is 5.38. The van der Waals surface area contributed by atoms with Crippen LogP contribution in [0.2, 0.25) is 0 Å². The molecule has 1 aliphatic rings. The molecule has 2 heterocycles. The van der Waals surface area contributed by atoms with Crippen molar-refractivity contribution in [3.8, 4) is 0 Å². The molecule has 0 unspecified atom stereocenters. The maximum absolute atomic E-state index is 12.3. The van der Waals surface area contributed by atoms with Crippen LogP contribution in [0.4, 0.5) is 13.2 Å². The Morgan fingerprint density at radius 1 is 1.16 bits per heavy atom. The number of amides is 2. The van der Waals surface area contributed by atoms with Crippen LogP contribution in [0.1, 0.15) is 59.2 Å². The van der Waals surface area contributed by atoms with Gasteiger partial charge in [0.25, 0.3) is 5.91 Å². The summed E-state index contributed by atoms with van der Waals surface area (Å²) in [5, 5.41) is 12.7. The first kappa shape index (κ1) is 20.8. The number of hydrogen-bond acceptors (Lipinski definition) is 6. The predicted molar refractivity (Wildman–Crippen MR) is 101 cm³/mol. The third-order valence-electron chi connectivity index (χ3n) is 4.83. The number of fused-ring (bicyclic) bond motifs is 1. The Morgan fingerprint density at radius 2 is 1.97 bits per heavy atom. The van der Waals surface area contributed by atoms with E-state index in [1.54, 1.807) is 18.2 Å². The predicted octanol–water partition coefficient (Wildman–Crippen LogP) is 2.71. The molecule has 1 fully saturated rings.